The Balaban J connectivity index is 2.08. The Labute approximate surface area is 187 Å². The van der Waals surface area contributed by atoms with Gasteiger partial charge in [-0.05, 0) is 24.5 Å². The SMILES string of the molecule is COC(=O)[C@@H](CCC(C)=O)NC(=O)[C@@H](Cc1ccccc1)NC(=O)OCc1ccccc1. The number of Topliss-reactive ketones (excluding diaryl/α,β-unsaturated/α-hetero) is 1. The highest BCUT2D eigenvalue weighted by atomic mass is 16.5. The summed E-state index contributed by atoms with van der Waals surface area (Å²) in [5.41, 5.74) is 1.62. The first-order valence-corrected chi connectivity index (χ1v) is 10.3. The highest BCUT2D eigenvalue weighted by molar-refractivity contribution is 5.90. The van der Waals surface area contributed by atoms with E-state index in [0.29, 0.717) is 0 Å². The number of rotatable bonds is 11. The smallest absolute Gasteiger partial charge is 0.408 e. The zero-order valence-electron chi connectivity index (χ0n) is 18.2. The van der Waals surface area contributed by atoms with Gasteiger partial charge in [-0.1, -0.05) is 60.7 Å². The highest BCUT2D eigenvalue weighted by Gasteiger charge is 2.28. The number of amides is 2. The van der Waals surface area contributed by atoms with Crippen molar-refractivity contribution in [3.63, 3.8) is 0 Å². The van der Waals surface area contributed by atoms with Crippen molar-refractivity contribution in [2.75, 3.05) is 7.11 Å². The summed E-state index contributed by atoms with van der Waals surface area (Å²) in [5, 5.41) is 5.16. The fraction of sp³-hybridized carbons (Fsp3) is 0.333. The van der Waals surface area contributed by atoms with Crippen LogP contribution in [0.25, 0.3) is 0 Å². The van der Waals surface area contributed by atoms with Crippen molar-refractivity contribution < 1.29 is 28.7 Å². The van der Waals surface area contributed by atoms with Gasteiger partial charge in [-0.15, -0.1) is 0 Å². The van der Waals surface area contributed by atoms with E-state index in [9.17, 15) is 19.2 Å². The topological polar surface area (TPSA) is 111 Å². The summed E-state index contributed by atoms with van der Waals surface area (Å²) in [7, 11) is 1.20. The molecule has 0 aliphatic heterocycles. The Morgan fingerprint density at radius 3 is 2.00 bits per heavy atom. The van der Waals surface area contributed by atoms with Gasteiger partial charge < -0.3 is 24.9 Å². The number of carbonyl (C=O) groups excluding carboxylic acids is 4. The maximum absolute atomic E-state index is 13.0. The molecule has 170 valence electrons. The molecule has 0 unspecified atom stereocenters. The van der Waals surface area contributed by atoms with Crippen LogP contribution in [-0.2, 0) is 36.9 Å². The molecule has 8 heteroatoms. The zero-order chi connectivity index (χ0) is 23.3. The fourth-order valence-corrected chi connectivity index (χ4v) is 2.98. The van der Waals surface area contributed by atoms with E-state index in [1.165, 1.54) is 14.0 Å². The molecule has 0 radical (unpaired) electrons. The summed E-state index contributed by atoms with van der Waals surface area (Å²) in [6.45, 7) is 1.45. The van der Waals surface area contributed by atoms with Crippen LogP contribution >= 0.6 is 0 Å². The van der Waals surface area contributed by atoms with E-state index in [4.69, 9.17) is 9.47 Å². The van der Waals surface area contributed by atoms with Gasteiger partial charge >= 0.3 is 12.1 Å². The number of hydrogen-bond donors (Lipinski definition) is 2. The van der Waals surface area contributed by atoms with E-state index in [0.717, 1.165) is 11.1 Å². The Morgan fingerprint density at radius 2 is 1.44 bits per heavy atom. The Kier molecular flexibility index (Phi) is 9.90. The van der Waals surface area contributed by atoms with Crippen molar-refractivity contribution in [3.8, 4) is 0 Å². The lowest BCUT2D eigenvalue weighted by atomic mass is 10.0. The molecule has 2 amide bonds. The van der Waals surface area contributed by atoms with Crippen LogP contribution in [0.4, 0.5) is 4.79 Å². The largest absolute Gasteiger partial charge is 0.467 e. The number of benzene rings is 2. The lowest BCUT2D eigenvalue weighted by Crippen LogP contribution is -2.52. The molecule has 2 N–H and O–H groups in total. The first-order valence-electron chi connectivity index (χ1n) is 10.3. The lowest BCUT2D eigenvalue weighted by Gasteiger charge is -2.22. The molecule has 0 saturated carbocycles. The van der Waals surface area contributed by atoms with Crippen LogP contribution in [0.2, 0.25) is 0 Å². The van der Waals surface area contributed by atoms with E-state index in [-0.39, 0.29) is 31.7 Å². The molecule has 8 nitrogen and oxygen atoms in total. The third kappa shape index (κ3) is 8.59. The third-order valence-electron chi connectivity index (χ3n) is 4.69. The number of esters is 1. The number of methoxy groups -OCH3 is 1. The first kappa shape index (κ1) is 24.6. The lowest BCUT2D eigenvalue weighted by molar-refractivity contribution is -0.145. The number of hydrogen-bond acceptors (Lipinski definition) is 6. The standard InChI is InChI=1S/C24H28N2O6/c1-17(27)13-14-20(23(29)31-2)25-22(28)21(15-18-9-5-3-6-10-18)26-24(30)32-16-19-11-7-4-8-12-19/h3-12,20-21H,13-16H2,1-2H3,(H,25,28)(H,26,30)/t20-,21-/m1/s1. The minimum Gasteiger partial charge on any atom is -0.467 e. The van der Waals surface area contributed by atoms with Gasteiger partial charge in [0.05, 0.1) is 7.11 Å². The molecule has 0 spiro atoms. The predicted octanol–water partition coefficient (Wildman–Crippen LogP) is 2.55. The third-order valence-corrected chi connectivity index (χ3v) is 4.69. The molecule has 2 rings (SSSR count). The Bertz CT molecular complexity index is 901. The number of ether oxygens (including phenoxy) is 2. The molecule has 0 aliphatic carbocycles. The normalized spacial score (nSPS) is 12.2. The first-order chi connectivity index (χ1) is 15.4. The molecule has 0 saturated heterocycles. The molecule has 2 atom stereocenters. The second-order valence-corrected chi connectivity index (χ2v) is 7.27. The van der Waals surface area contributed by atoms with Crippen molar-refractivity contribution in [1.82, 2.24) is 10.6 Å². The van der Waals surface area contributed by atoms with Crippen molar-refractivity contribution >= 4 is 23.8 Å². The molecule has 0 fully saturated rings. The van der Waals surface area contributed by atoms with Crippen LogP contribution in [0.1, 0.15) is 30.9 Å². The van der Waals surface area contributed by atoms with Crippen LogP contribution in [0, 0.1) is 0 Å². The fourth-order valence-electron chi connectivity index (χ4n) is 2.98. The van der Waals surface area contributed by atoms with Crippen LogP contribution < -0.4 is 10.6 Å². The van der Waals surface area contributed by atoms with Crippen molar-refractivity contribution in [3.05, 3.63) is 71.8 Å². The van der Waals surface area contributed by atoms with E-state index in [1.54, 1.807) is 0 Å². The number of alkyl carbamates (subject to hydrolysis) is 1. The predicted molar refractivity (Wildman–Crippen MR) is 118 cm³/mol. The summed E-state index contributed by atoms with van der Waals surface area (Å²) >= 11 is 0. The quantitative estimate of drug-likeness (QED) is 0.520. The van der Waals surface area contributed by atoms with Gasteiger partial charge in [-0.3, -0.25) is 4.79 Å². The number of ketones is 1. The molecule has 32 heavy (non-hydrogen) atoms. The van der Waals surface area contributed by atoms with Gasteiger partial charge in [0, 0.05) is 12.8 Å². The van der Waals surface area contributed by atoms with E-state index < -0.39 is 30.1 Å². The molecule has 0 heterocycles. The Morgan fingerprint density at radius 1 is 0.844 bits per heavy atom. The molecule has 0 aliphatic rings. The van der Waals surface area contributed by atoms with Gasteiger partial charge in [-0.2, -0.15) is 0 Å². The monoisotopic (exact) mass is 440 g/mol. The van der Waals surface area contributed by atoms with Gasteiger partial charge in [0.25, 0.3) is 0 Å². The van der Waals surface area contributed by atoms with Gasteiger partial charge in [0.15, 0.2) is 0 Å². The van der Waals surface area contributed by atoms with E-state index >= 15 is 0 Å². The van der Waals surface area contributed by atoms with Crippen LogP contribution in [0.15, 0.2) is 60.7 Å². The number of carbonyl (C=O) groups is 4. The van der Waals surface area contributed by atoms with Crippen molar-refractivity contribution in [1.29, 1.82) is 0 Å². The molecule has 0 aromatic heterocycles. The molecular weight excluding hydrogens is 412 g/mol. The summed E-state index contributed by atoms with van der Waals surface area (Å²) in [6.07, 6.45) is -0.364. The van der Waals surface area contributed by atoms with Gasteiger partial charge in [0.1, 0.15) is 24.5 Å². The Hall–Kier alpha value is -3.68. The van der Waals surface area contributed by atoms with Crippen LogP contribution in [-0.4, -0.2) is 42.9 Å². The van der Waals surface area contributed by atoms with Crippen LogP contribution in [0.5, 0.6) is 0 Å². The second-order valence-electron chi connectivity index (χ2n) is 7.27. The summed E-state index contributed by atoms with van der Waals surface area (Å²) in [6, 6.07) is 16.3. The van der Waals surface area contributed by atoms with Crippen molar-refractivity contribution in [2.24, 2.45) is 0 Å². The maximum Gasteiger partial charge on any atom is 0.408 e. The second kappa shape index (κ2) is 12.9. The zero-order valence-corrected chi connectivity index (χ0v) is 18.2. The maximum atomic E-state index is 13.0. The molecule has 2 aromatic carbocycles. The summed E-state index contributed by atoms with van der Waals surface area (Å²) < 4.78 is 9.97. The van der Waals surface area contributed by atoms with E-state index in [1.807, 2.05) is 60.7 Å². The molecule has 2 aromatic rings. The van der Waals surface area contributed by atoms with Crippen LogP contribution in [0.3, 0.4) is 0 Å². The molecular formula is C24H28N2O6. The minimum absolute atomic E-state index is 0.0513. The molecule has 0 bridgehead atoms. The highest BCUT2D eigenvalue weighted by Crippen LogP contribution is 2.07. The van der Waals surface area contributed by atoms with Gasteiger partial charge in [0.2, 0.25) is 5.91 Å². The average Bonchev–Trinajstić information content (AvgIpc) is 2.80. The van der Waals surface area contributed by atoms with Crippen molar-refractivity contribution in [2.45, 2.75) is 44.9 Å². The average molecular weight is 440 g/mol. The summed E-state index contributed by atoms with van der Waals surface area (Å²) in [5.74, 6) is -1.36. The summed E-state index contributed by atoms with van der Waals surface area (Å²) in [4.78, 5) is 48.7. The van der Waals surface area contributed by atoms with E-state index in [2.05, 4.69) is 10.6 Å². The van der Waals surface area contributed by atoms with Gasteiger partial charge in [-0.25, -0.2) is 9.59 Å². The minimum atomic E-state index is -1.00. The number of nitrogens with one attached hydrogen (secondary N) is 2.